The normalized spacial score (nSPS) is 16.2. The van der Waals surface area contributed by atoms with Crippen molar-refractivity contribution in [1.29, 1.82) is 0 Å². The number of hydrogen-bond acceptors (Lipinski definition) is 3. The van der Waals surface area contributed by atoms with Crippen LogP contribution in [-0.4, -0.2) is 46.6 Å². The average Bonchev–Trinajstić information content (AvgIpc) is 3.46. The monoisotopic (exact) mass is 375 g/mol. The standard InChI is InChI=1S/C23H25N3O2/c1-2-26(15-21-7-4-12-28-21)23(27)20-6-3-5-19(13-20)17-8-10-18(11-9-17)22-14-24-16-25-22/h3,5-6,8-11,13-14,16,21H,2,4,7,12,15H2,1H3,(H,24,25)/t21-/m1/s1. The van der Waals surface area contributed by atoms with Crippen molar-refractivity contribution in [3.05, 3.63) is 66.6 Å². The molecule has 1 atom stereocenters. The first-order valence-corrected chi connectivity index (χ1v) is 9.84. The molecule has 0 saturated carbocycles. The number of ether oxygens (including phenoxy) is 1. The molecule has 1 aliphatic heterocycles. The van der Waals surface area contributed by atoms with Crippen molar-refractivity contribution in [2.24, 2.45) is 0 Å². The maximum absolute atomic E-state index is 13.0. The number of amides is 1. The maximum Gasteiger partial charge on any atom is 0.253 e. The number of likely N-dealkylation sites (N-methyl/N-ethyl adjacent to an activating group) is 1. The summed E-state index contributed by atoms with van der Waals surface area (Å²) in [6.07, 6.45) is 5.77. The molecule has 5 heteroatoms. The Balaban J connectivity index is 1.52. The van der Waals surface area contributed by atoms with Crippen LogP contribution in [0.25, 0.3) is 22.4 Å². The molecule has 3 aromatic rings. The number of nitrogens with zero attached hydrogens (tertiary/aromatic N) is 2. The van der Waals surface area contributed by atoms with Gasteiger partial charge >= 0.3 is 0 Å². The highest BCUT2D eigenvalue weighted by molar-refractivity contribution is 5.95. The molecule has 2 aromatic carbocycles. The molecule has 0 radical (unpaired) electrons. The first-order valence-electron chi connectivity index (χ1n) is 9.84. The van der Waals surface area contributed by atoms with E-state index in [4.69, 9.17) is 4.74 Å². The third kappa shape index (κ3) is 3.99. The Bertz CT molecular complexity index is 913. The Morgan fingerprint density at radius 2 is 2.00 bits per heavy atom. The molecule has 144 valence electrons. The van der Waals surface area contributed by atoms with E-state index in [1.165, 1.54) is 0 Å². The van der Waals surface area contributed by atoms with E-state index in [-0.39, 0.29) is 12.0 Å². The van der Waals surface area contributed by atoms with E-state index >= 15 is 0 Å². The van der Waals surface area contributed by atoms with Gasteiger partial charge in [-0.2, -0.15) is 0 Å². The number of nitrogens with one attached hydrogen (secondary N) is 1. The van der Waals surface area contributed by atoms with Crippen molar-refractivity contribution in [1.82, 2.24) is 14.9 Å². The van der Waals surface area contributed by atoms with Gasteiger partial charge in [0.1, 0.15) is 0 Å². The van der Waals surface area contributed by atoms with E-state index in [0.29, 0.717) is 13.1 Å². The lowest BCUT2D eigenvalue weighted by Crippen LogP contribution is -2.37. The molecule has 0 bridgehead atoms. The molecule has 0 spiro atoms. The predicted molar refractivity (Wildman–Crippen MR) is 110 cm³/mol. The van der Waals surface area contributed by atoms with Gasteiger partial charge in [0.2, 0.25) is 0 Å². The van der Waals surface area contributed by atoms with E-state index in [1.807, 2.05) is 42.3 Å². The quantitative estimate of drug-likeness (QED) is 0.695. The van der Waals surface area contributed by atoms with E-state index < -0.39 is 0 Å². The number of rotatable bonds is 6. The summed E-state index contributed by atoms with van der Waals surface area (Å²) in [5.41, 5.74) is 4.91. The minimum absolute atomic E-state index is 0.0638. The smallest absolute Gasteiger partial charge is 0.253 e. The zero-order valence-electron chi connectivity index (χ0n) is 16.1. The van der Waals surface area contributed by atoms with Crippen LogP contribution in [0.5, 0.6) is 0 Å². The predicted octanol–water partition coefficient (Wildman–Crippen LogP) is 4.38. The maximum atomic E-state index is 13.0. The summed E-state index contributed by atoms with van der Waals surface area (Å²) < 4.78 is 5.71. The van der Waals surface area contributed by atoms with Gasteiger partial charge in [0.15, 0.2) is 0 Å². The van der Waals surface area contributed by atoms with E-state index in [9.17, 15) is 4.79 Å². The van der Waals surface area contributed by atoms with E-state index in [1.54, 1.807) is 6.33 Å². The largest absolute Gasteiger partial charge is 0.376 e. The van der Waals surface area contributed by atoms with Gasteiger partial charge in [0, 0.05) is 25.3 Å². The van der Waals surface area contributed by atoms with Gasteiger partial charge < -0.3 is 14.6 Å². The van der Waals surface area contributed by atoms with Crippen LogP contribution in [0.3, 0.4) is 0 Å². The molecule has 4 rings (SSSR count). The van der Waals surface area contributed by atoms with Gasteiger partial charge in [-0.3, -0.25) is 4.79 Å². The Morgan fingerprint density at radius 3 is 2.68 bits per heavy atom. The van der Waals surface area contributed by atoms with Gasteiger partial charge in [0.25, 0.3) is 5.91 Å². The van der Waals surface area contributed by atoms with Crippen molar-refractivity contribution in [2.75, 3.05) is 19.7 Å². The summed E-state index contributed by atoms with van der Waals surface area (Å²) >= 11 is 0. The van der Waals surface area contributed by atoms with Crippen molar-refractivity contribution in [3.63, 3.8) is 0 Å². The number of H-pyrrole nitrogens is 1. The molecule has 1 fully saturated rings. The van der Waals surface area contributed by atoms with E-state index in [2.05, 4.69) is 34.2 Å². The van der Waals surface area contributed by atoms with Gasteiger partial charge in [-0.1, -0.05) is 36.4 Å². The summed E-state index contributed by atoms with van der Waals surface area (Å²) in [5.74, 6) is 0.0638. The van der Waals surface area contributed by atoms with Crippen LogP contribution in [0.15, 0.2) is 61.1 Å². The molecule has 5 nitrogen and oxygen atoms in total. The lowest BCUT2D eigenvalue weighted by atomic mass is 10.0. The molecular formula is C23H25N3O2. The highest BCUT2D eigenvalue weighted by atomic mass is 16.5. The fourth-order valence-corrected chi connectivity index (χ4v) is 3.66. The highest BCUT2D eigenvalue weighted by Crippen LogP contribution is 2.25. The van der Waals surface area contributed by atoms with Crippen molar-refractivity contribution >= 4 is 5.91 Å². The lowest BCUT2D eigenvalue weighted by Gasteiger charge is -2.24. The third-order valence-electron chi connectivity index (χ3n) is 5.25. The molecule has 1 saturated heterocycles. The fourth-order valence-electron chi connectivity index (χ4n) is 3.66. The third-order valence-corrected chi connectivity index (χ3v) is 5.25. The number of aromatic nitrogens is 2. The summed E-state index contributed by atoms with van der Waals surface area (Å²) in [6.45, 7) is 4.17. The van der Waals surface area contributed by atoms with Crippen LogP contribution in [0.2, 0.25) is 0 Å². The first-order chi connectivity index (χ1) is 13.7. The fraction of sp³-hybridized carbons (Fsp3) is 0.304. The van der Waals surface area contributed by atoms with Crippen LogP contribution in [-0.2, 0) is 4.74 Å². The number of imidazole rings is 1. The van der Waals surface area contributed by atoms with Gasteiger partial charge in [-0.05, 0) is 48.6 Å². The number of carbonyl (C=O) groups excluding carboxylic acids is 1. The second kappa shape index (κ2) is 8.40. The van der Waals surface area contributed by atoms with Crippen molar-refractivity contribution in [2.45, 2.75) is 25.9 Å². The molecule has 2 heterocycles. The van der Waals surface area contributed by atoms with Crippen molar-refractivity contribution < 1.29 is 9.53 Å². The molecule has 0 aliphatic carbocycles. The van der Waals surface area contributed by atoms with Gasteiger partial charge in [-0.25, -0.2) is 4.98 Å². The molecule has 0 unspecified atom stereocenters. The van der Waals surface area contributed by atoms with Gasteiger partial charge in [-0.15, -0.1) is 0 Å². The topological polar surface area (TPSA) is 58.2 Å². The van der Waals surface area contributed by atoms with E-state index in [0.717, 1.165) is 47.4 Å². The molecule has 28 heavy (non-hydrogen) atoms. The van der Waals surface area contributed by atoms with Crippen LogP contribution < -0.4 is 0 Å². The number of benzene rings is 2. The molecule has 1 N–H and O–H groups in total. The number of carbonyl (C=O) groups is 1. The average molecular weight is 375 g/mol. The number of aromatic amines is 1. The van der Waals surface area contributed by atoms with Crippen LogP contribution in [0, 0.1) is 0 Å². The molecule has 1 aromatic heterocycles. The second-order valence-electron chi connectivity index (χ2n) is 7.10. The summed E-state index contributed by atoms with van der Waals surface area (Å²) in [6, 6.07) is 16.1. The zero-order valence-corrected chi connectivity index (χ0v) is 16.1. The van der Waals surface area contributed by atoms with Crippen LogP contribution in [0.1, 0.15) is 30.1 Å². The summed E-state index contributed by atoms with van der Waals surface area (Å²) in [4.78, 5) is 22.1. The SMILES string of the molecule is CCN(C[C@H]1CCCO1)C(=O)c1cccc(-c2ccc(-c3cnc[nH]3)cc2)c1. The molecule has 1 aliphatic rings. The Hall–Kier alpha value is -2.92. The van der Waals surface area contributed by atoms with Crippen molar-refractivity contribution in [3.8, 4) is 22.4 Å². The summed E-state index contributed by atoms with van der Waals surface area (Å²) in [7, 11) is 0. The second-order valence-corrected chi connectivity index (χ2v) is 7.10. The lowest BCUT2D eigenvalue weighted by molar-refractivity contribution is 0.0539. The molecular weight excluding hydrogens is 350 g/mol. The molecule has 1 amide bonds. The number of hydrogen-bond donors (Lipinski definition) is 1. The van der Waals surface area contributed by atoms with Gasteiger partial charge in [0.05, 0.1) is 24.3 Å². The Kier molecular flexibility index (Phi) is 5.53. The first kappa shape index (κ1) is 18.4. The Labute approximate surface area is 165 Å². The minimum Gasteiger partial charge on any atom is -0.376 e. The minimum atomic E-state index is 0.0638. The Morgan fingerprint density at radius 1 is 1.18 bits per heavy atom. The zero-order chi connectivity index (χ0) is 19.3. The summed E-state index contributed by atoms with van der Waals surface area (Å²) in [5, 5.41) is 0. The van der Waals surface area contributed by atoms with Crippen LogP contribution in [0.4, 0.5) is 0 Å². The highest BCUT2D eigenvalue weighted by Gasteiger charge is 2.22. The van der Waals surface area contributed by atoms with Crippen LogP contribution >= 0.6 is 0 Å².